The maximum absolute atomic E-state index is 12.1. The van der Waals surface area contributed by atoms with Crippen LogP contribution in [0.2, 0.25) is 5.02 Å². The Morgan fingerprint density at radius 2 is 1.83 bits per heavy atom. The number of Topliss-reactive ketones (excluding diaryl/α,β-unsaturated/α-hetero) is 1. The molecule has 0 radical (unpaired) electrons. The van der Waals surface area contributed by atoms with Gasteiger partial charge in [0.2, 0.25) is 5.78 Å². The summed E-state index contributed by atoms with van der Waals surface area (Å²) in [7, 11) is -3.48. The summed E-state index contributed by atoms with van der Waals surface area (Å²) in [4.78, 5) is 26.0. The number of benzene rings is 1. The minimum Gasteiger partial charge on any atom is -0.454 e. The normalized spacial score (nSPS) is 11.3. The molecular formula is C16H15ClO5S2. The van der Waals surface area contributed by atoms with Crippen molar-refractivity contribution < 1.29 is 22.7 Å². The zero-order valence-electron chi connectivity index (χ0n) is 13.3. The third kappa shape index (κ3) is 4.23. The molecule has 2 aromatic rings. The maximum atomic E-state index is 12.1. The number of rotatable bonds is 5. The predicted octanol–water partition coefficient (Wildman–Crippen LogP) is 3.46. The molecule has 0 saturated carbocycles. The Morgan fingerprint density at radius 3 is 2.38 bits per heavy atom. The van der Waals surface area contributed by atoms with Gasteiger partial charge in [0.1, 0.15) is 0 Å². The van der Waals surface area contributed by atoms with E-state index in [1.54, 1.807) is 6.07 Å². The first-order valence-electron chi connectivity index (χ1n) is 6.86. The van der Waals surface area contributed by atoms with Crippen LogP contribution >= 0.6 is 22.9 Å². The molecular weight excluding hydrogens is 372 g/mol. The van der Waals surface area contributed by atoms with Crippen molar-refractivity contribution in [2.45, 2.75) is 18.7 Å². The summed E-state index contributed by atoms with van der Waals surface area (Å²) in [6, 6.07) is 5.50. The predicted molar refractivity (Wildman–Crippen MR) is 93.0 cm³/mol. The molecule has 0 unspecified atom stereocenters. The van der Waals surface area contributed by atoms with Gasteiger partial charge >= 0.3 is 5.97 Å². The molecule has 1 aromatic carbocycles. The van der Waals surface area contributed by atoms with Crippen molar-refractivity contribution in [3.63, 3.8) is 0 Å². The molecule has 0 amide bonds. The monoisotopic (exact) mass is 386 g/mol. The van der Waals surface area contributed by atoms with E-state index in [-0.39, 0.29) is 21.3 Å². The number of ether oxygens (including phenoxy) is 1. The Balaban J connectivity index is 2.16. The first-order valence-corrected chi connectivity index (χ1v) is 9.95. The van der Waals surface area contributed by atoms with Gasteiger partial charge in [-0.25, -0.2) is 13.2 Å². The fraction of sp³-hybridized carbons (Fsp3) is 0.250. The molecule has 0 saturated heterocycles. The highest BCUT2D eigenvalue weighted by molar-refractivity contribution is 7.90. The van der Waals surface area contributed by atoms with E-state index in [1.165, 1.54) is 23.5 Å². The third-order valence-electron chi connectivity index (χ3n) is 3.26. The van der Waals surface area contributed by atoms with Gasteiger partial charge < -0.3 is 4.74 Å². The Bertz CT molecular complexity index is 913. The number of ketones is 1. The van der Waals surface area contributed by atoms with E-state index in [0.717, 1.165) is 22.1 Å². The van der Waals surface area contributed by atoms with Crippen molar-refractivity contribution in [1.82, 2.24) is 0 Å². The van der Waals surface area contributed by atoms with Crippen molar-refractivity contribution in [3.05, 3.63) is 50.2 Å². The van der Waals surface area contributed by atoms with Crippen LogP contribution in [0.25, 0.3) is 0 Å². The summed E-state index contributed by atoms with van der Waals surface area (Å²) >= 11 is 7.41. The Labute approximate surface area is 149 Å². The van der Waals surface area contributed by atoms with Gasteiger partial charge in [0.05, 0.1) is 15.5 Å². The average Bonchev–Trinajstić information content (AvgIpc) is 2.82. The number of aryl methyl sites for hydroxylation is 2. The van der Waals surface area contributed by atoms with Gasteiger partial charge in [0, 0.05) is 21.6 Å². The lowest BCUT2D eigenvalue weighted by Crippen LogP contribution is -2.15. The van der Waals surface area contributed by atoms with Crippen LogP contribution in [0.3, 0.4) is 0 Å². The summed E-state index contributed by atoms with van der Waals surface area (Å²) in [6.45, 7) is 3.27. The molecule has 0 N–H and O–H groups in total. The number of hydrogen-bond donors (Lipinski definition) is 0. The highest BCUT2D eigenvalue weighted by Gasteiger charge is 2.19. The number of halogens is 1. The minimum atomic E-state index is -3.48. The Kier molecular flexibility index (Phi) is 5.47. The fourth-order valence-electron chi connectivity index (χ4n) is 2.09. The summed E-state index contributed by atoms with van der Waals surface area (Å²) in [5, 5.41) is 0.0578. The van der Waals surface area contributed by atoms with Crippen LogP contribution in [0.15, 0.2) is 29.2 Å². The largest absolute Gasteiger partial charge is 0.454 e. The molecule has 0 aliphatic carbocycles. The molecule has 0 aliphatic rings. The van der Waals surface area contributed by atoms with Gasteiger partial charge in [-0.3, -0.25) is 4.79 Å². The van der Waals surface area contributed by atoms with Crippen LogP contribution in [0.4, 0.5) is 0 Å². The SMILES string of the molecule is Cc1cc(C(=O)COC(=O)c2cc(S(C)(=O)=O)ccc2Cl)c(C)s1. The van der Waals surface area contributed by atoms with Crippen LogP contribution < -0.4 is 0 Å². The van der Waals surface area contributed by atoms with Crippen molar-refractivity contribution in [2.75, 3.05) is 12.9 Å². The molecule has 1 aromatic heterocycles. The van der Waals surface area contributed by atoms with Crippen LogP contribution in [0.5, 0.6) is 0 Å². The molecule has 0 aliphatic heterocycles. The van der Waals surface area contributed by atoms with E-state index in [0.29, 0.717) is 5.56 Å². The number of sulfone groups is 1. The molecule has 0 atom stereocenters. The first kappa shape index (κ1) is 18.6. The van der Waals surface area contributed by atoms with Gasteiger partial charge in [0.25, 0.3) is 0 Å². The van der Waals surface area contributed by atoms with Gasteiger partial charge in [-0.2, -0.15) is 0 Å². The summed E-state index contributed by atoms with van der Waals surface area (Å²) in [5.74, 6) is -1.16. The van der Waals surface area contributed by atoms with Crippen molar-refractivity contribution in [1.29, 1.82) is 0 Å². The van der Waals surface area contributed by atoms with Crippen molar-refractivity contribution >= 4 is 44.5 Å². The molecule has 5 nitrogen and oxygen atoms in total. The Hall–Kier alpha value is -1.70. The lowest BCUT2D eigenvalue weighted by molar-refractivity contribution is 0.0474. The summed E-state index contributed by atoms with van der Waals surface area (Å²) in [5.41, 5.74) is 0.423. The number of hydrogen-bond acceptors (Lipinski definition) is 6. The molecule has 1 heterocycles. The van der Waals surface area contributed by atoms with Crippen molar-refractivity contribution in [2.24, 2.45) is 0 Å². The Morgan fingerprint density at radius 1 is 1.17 bits per heavy atom. The molecule has 0 bridgehead atoms. The fourth-order valence-corrected chi connectivity index (χ4v) is 3.87. The maximum Gasteiger partial charge on any atom is 0.340 e. The lowest BCUT2D eigenvalue weighted by Gasteiger charge is -2.07. The summed E-state index contributed by atoms with van der Waals surface area (Å²) in [6.07, 6.45) is 1.02. The van der Waals surface area contributed by atoms with Gasteiger partial charge in [-0.15, -0.1) is 11.3 Å². The van der Waals surface area contributed by atoms with Crippen molar-refractivity contribution in [3.8, 4) is 0 Å². The van der Waals surface area contributed by atoms with E-state index in [9.17, 15) is 18.0 Å². The zero-order chi connectivity index (χ0) is 18.1. The zero-order valence-corrected chi connectivity index (χ0v) is 15.6. The highest BCUT2D eigenvalue weighted by Crippen LogP contribution is 2.23. The molecule has 24 heavy (non-hydrogen) atoms. The lowest BCUT2D eigenvalue weighted by atomic mass is 10.2. The molecule has 2 rings (SSSR count). The van der Waals surface area contributed by atoms with Crippen LogP contribution in [0.1, 0.15) is 30.5 Å². The number of thiophene rings is 1. The topological polar surface area (TPSA) is 77.5 Å². The number of carbonyl (C=O) groups is 2. The first-order chi connectivity index (χ1) is 11.1. The number of carbonyl (C=O) groups excluding carboxylic acids is 2. The van der Waals surface area contributed by atoms with E-state index >= 15 is 0 Å². The third-order valence-corrected chi connectivity index (χ3v) is 5.67. The minimum absolute atomic E-state index is 0.0468. The second-order valence-electron chi connectivity index (χ2n) is 5.24. The average molecular weight is 387 g/mol. The quantitative estimate of drug-likeness (QED) is 0.580. The summed E-state index contributed by atoms with van der Waals surface area (Å²) < 4.78 is 28.1. The van der Waals surface area contributed by atoms with E-state index in [4.69, 9.17) is 16.3 Å². The number of esters is 1. The van der Waals surface area contributed by atoms with Crippen LogP contribution in [-0.4, -0.2) is 33.0 Å². The molecule has 128 valence electrons. The highest BCUT2D eigenvalue weighted by atomic mass is 35.5. The second-order valence-corrected chi connectivity index (χ2v) is 9.12. The van der Waals surface area contributed by atoms with Crippen LogP contribution in [-0.2, 0) is 14.6 Å². The standard InChI is InChI=1S/C16H15ClO5S2/c1-9-6-12(10(2)23-9)15(18)8-22-16(19)13-7-11(24(3,20)21)4-5-14(13)17/h4-7H,8H2,1-3H3. The van der Waals surface area contributed by atoms with Gasteiger partial charge in [-0.05, 0) is 38.1 Å². The molecule has 0 spiro atoms. The molecule has 8 heteroatoms. The second kappa shape index (κ2) is 7.04. The van der Waals surface area contributed by atoms with E-state index in [1.807, 2.05) is 13.8 Å². The van der Waals surface area contributed by atoms with E-state index < -0.39 is 22.4 Å². The van der Waals surface area contributed by atoms with Gasteiger partial charge in [0.15, 0.2) is 16.4 Å². The molecule has 0 fully saturated rings. The van der Waals surface area contributed by atoms with Gasteiger partial charge in [-0.1, -0.05) is 11.6 Å². The van der Waals surface area contributed by atoms with Crippen LogP contribution in [0, 0.1) is 13.8 Å². The van der Waals surface area contributed by atoms with E-state index in [2.05, 4.69) is 0 Å². The smallest absolute Gasteiger partial charge is 0.340 e.